The van der Waals surface area contributed by atoms with Gasteiger partial charge in [0.05, 0.1) is 18.2 Å². The van der Waals surface area contributed by atoms with E-state index in [2.05, 4.69) is 16.2 Å². The van der Waals surface area contributed by atoms with Gasteiger partial charge in [0.15, 0.2) is 0 Å². The third-order valence-corrected chi connectivity index (χ3v) is 3.04. The molecule has 1 aromatic rings. The minimum absolute atomic E-state index is 0.00662. The molecule has 0 aliphatic carbocycles. The molecule has 1 amide bonds. The maximum atomic E-state index is 12.1. The van der Waals surface area contributed by atoms with Gasteiger partial charge in [-0.2, -0.15) is 0 Å². The molecule has 1 aliphatic heterocycles. The van der Waals surface area contributed by atoms with Gasteiger partial charge in [0, 0.05) is 12.6 Å². The second kappa shape index (κ2) is 5.84. The van der Waals surface area contributed by atoms with E-state index < -0.39 is 0 Å². The van der Waals surface area contributed by atoms with Gasteiger partial charge >= 0.3 is 0 Å². The number of carbonyl (C=O) groups is 1. The van der Waals surface area contributed by atoms with Crippen LogP contribution in [-0.2, 0) is 4.79 Å². The van der Waals surface area contributed by atoms with E-state index in [1.54, 1.807) is 0 Å². The van der Waals surface area contributed by atoms with Gasteiger partial charge in [-0.1, -0.05) is 12.1 Å². The number of hydrogen-bond donors (Lipinski definition) is 3. The Bertz CT molecular complexity index is 422. The molecule has 2 atom stereocenters. The summed E-state index contributed by atoms with van der Waals surface area (Å²) in [5, 5.41) is 2.92. The van der Waals surface area contributed by atoms with Crippen molar-refractivity contribution in [3.63, 3.8) is 0 Å². The minimum Gasteiger partial charge on any atom is -0.492 e. The molecule has 3 N–H and O–H groups in total. The Morgan fingerprint density at radius 1 is 1.50 bits per heavy atom. The van der Waals surface area contributed by atoms with E-state index in [9.17, 15) is 4.79 Å². The first-order valence-electron chi connectivity index (χ1n) is 6.23. The Balaban J connectivity index is 2.06. The van der Waals surface area contributed by atoms with Gasteiger partial charge in [-0.3, -0.25) is 15.6 Å². The molecule has 1 heterocycles. The summed E-state index contributed by atoms with van der Waals surface area (Å²) in [5.41, 5.74) is 6.75. The summed E-state index contributed by atoms with van der Waals surface area (Å²) in [6.07, 6.45) is 0. The van der Waals surface area contributed by atoms with E-state index in [1.165, 1.54) is 0 Å². The van der Waals surface area contributed by atoms with Crippen molar-refractivity contribution in [2.24, 2.45) is 5.92 Å². The van der Waals surface area contributed by atoms with Crippen LogP contribution in [0.2, 0.25) is 0 Å². The minimum atomic E-state index is -0.0697. The van der Waals surface area contributed by atoms with Gasteiger partial charge in [-0.05, 0) is 26.0 Å². The second-order valence-corrected chi connectivity index (χ2v) is 4.34. The van der Waals surface area contributed by atoms with Gasteiger partial charge in [0.25, 0.3) is 0 Å². The smallest absolute Gasteiger partial charge is 0.230 e. The molecule has 18 heavy (non-hydrogen) atoms. The number of para-hydroxylation sites is 2. The van der Waals surface area contributed by atoms with Crippen LogP contribution in [0.1, 0.15) is 13.8 Å². The van der Waals surface area contributed by atoms with Crippen LogP contribution < -0.4 is 20.9 Å². The van der Waals surface area contributed by atoms with Gasteiger partial charge in [-0.25, -0.2) is 0 Å². The number of hydrogen-bond acceptors (Lipinski definition) is 4. The largest absolute Gasteiger partial charge is 0.492 e. The van der Waals surface area contributed by atoms with E-state index in [1.807, 2.05) is 38.1 Å². The maximum Gasteiger partial charge on any atom is 0.230 e. The highest BCUT2D eigenvalue weighted by molar-refractivity contribution is 5.94. The van der Waals surface area contributed by atoms with E-state index in [-0.39, 0.29) is 17.9 Å². The number of benzene rings is 1. The van der Waals surface area contributed by atoms with Crippen LogP contribution in [0.4, 0.5) is 5.69 Å². The molecule has 1 aromatic carbocycles. The Kier molecular flexibility index (Phi) is 4.17. The lowest BCUT2D eigenvalue weighted by Crippen LogP contribution is -2.33. The van der Waals surface area contributed by atoms with Crippen molar-refractivity contribution >= 4 is 11.6 Å². The van der Waals surface area contributed by atoms with E-state index in [0.717, 1.165) is 5.69 Å². The van der Waals surface area contributed by atoms with Crippen LogP contribution in [0, 0.1) is 5.92 Å². The van der Waals surface area contributed by atoms with Crippen molar-refractivity contribution in [1.29, 1.82) is 0 Å². The molecule has 98 valence electrons. The number of nitrogens with one attached hydrogen (secondary N) is 3. The Labute approximate surface area is 107 Å². The number of rotatable bonds is 4. The molecule has 0 radical (unpaired) electrons. The van der Waals surface area contributed by atoms with Crippen molar-refractivity contribution in [2.45, 2.75) is 19.9 Å². The number of anilines is 1. The molecular weight excluding hydrogens is 230 g/mol. The van der Waals surface area contributed by atoms with Crippen molar-refractivity contribution in [3.8, 4) is 5.75 Å². The van der Waals surface area contributed by atoms with Crippen LogP contribution in [0.5, 0.6) is 5.75 Å². The zero-order valence-corrected chi connectivity index (χ0v) is 10.7. The molecule has 2 rings (SSSR count). The van der Waals surface area contributed by atoms with Crippen LogP contribution >= 0.6 is 0 Å². The van der Waals surface area contributed by atoms with Crippen LogP contribution in [0.3, 0.4) is 0 Å². The average molecular weight is 249 g/mol. The van der Waals surface area contributed by atoms with Crippen LogP contribution in [-0.4, -0.2) is 25.1 Å². The molecule has 2 unspecified atom stereocenters. The molecule has 5 heteroatoms. The lowest BCUT2D eigenvalue weighted by Gasteiger charge is -2.16. The highest BCUT2D eigenvalue weighted by Gasteiger charge is 2.29. The SMILES string of the molecule is CCOc1ccccc1NC(=O)C1CNNC1C. The molecule has 5 nitrogen and oxygen atoms in total. The van der Waals surface area contributed by atoms with Gasteiger partial charge in [0.2, 0.25) is 5.91 Å². The van der Waals surface area contributed by atoms with Crippen molar-refractivity contribution in [1.82, 2.24) is 10.9 Å². The monoisotopic (exact) mass is 249 g/mol. The zero-order valence-electron chi connectivity index (χ0n) is 10.7. The summed E-state index contributed by atoms with van der Waals surface area (Å²) >= 11 is 0. The summed E-state index contributed by atoms with van der Waals surface area (Å²) < 4.78 is 5.48. The van der Waals surface area contributed by atoms with E-state index >= 15 is 0 Å². The first-order valence-corrected chi connectivity index (χ1v) is 6.23. The predicted octanol–water partition coefficient (Wildman–Crippen LogP) is 1.14. The Morgan fingerprint density at radius 3 is 2.94 bits per heavy atom. The molecule has 0 bridgehead atoms. The Morgan fingerprint density at radius 2 is 2.28 bits per heavy atom. The molecule has 0 aromatic heterocycles. The lowest BCUT2D eigenvalue weighted by molar-refractivity contribution is -0.119. The van der Waals surface area contributed by atoms with Gasteiger partial charge in [0.1, 0.15) is 5.75 Å². The first-order chi connectivity index (χ1) is 8.72. The number of carbonyl (C=O) groups excluding carboxylic acids is 1. The standard InChI is InChI=1S/C13H19N3O2/c1-3-18-12-7-5-4-6-11(12)15-13(17)10-8-14-16-9(10)2/h4-7,9-10,14,16H,3,8H2,1-2H3,(H,15,17). The average Bonchev–Trinajstić information content (AvgIpc) is 2.78. The van der Waals surface area contributed by atoms with E-state index in [0.29, 0.717) is 18.9 Å². The predicted molar refractivity (Wildman–Crippen MR) is 70.3 cm³/mol. The normalized spacial score (nSPS) is 22.8. The summed E-state index contributed by atoms with van der Waals surface area (Å²) in [6, 6.07) is 7.61. The summed E-state index contributed by atoms with van der Waals surface area (Å²) in [4.78, 5) is 12.1. The molecule has 1 saturated heterocycles. The number of ether oxygens (including phenoxy) is 1. The maximum absolute atomic E-state index is 12.1. The summed E-state index contributed by atoms with van der Waals surface area (Å²) in [5.74, 6) is 0.645. The molecule has 0 spiro atoms. The summed E-state index contributed by atoms with van der Waals surface area (Å²) in [7, 11) is 0. The molecule has 0 saturated carbocycles. The van der Waals surface area contributed by atoms with Crippen molar-refractivity contribution in [3.05, 3.63) is 24.3 Å². The first kappa shape index (κ1) is 12.9. The fraction of sp³-hybridized carbons (Fsp3) is 0.462. The zero-order chi connectivity index (χ0) is 13.0. The quantitative estimate of drug-likeness (QED) is 0.748. The fourth-order valence-corrected chi connectivity index (χ4v) is 2.00. The molecular formula is C13H19N3O2. The highest BCUT2D eigenvalue weighted by Crippen LogP contribution is 2.24. The molecule has 1 fully saturated rings. The van der Waals surface area contributed by atoms with Crippen LogP contribution in [0.25, 0.3) is 0 Å². The van der Waals surface area contributed by atoms with Gasteiger partial charge < -0.3 is 10.1 Å². The third kappa shape index (κ3) is 2.80. The number of hydrazine groups is 1. The van der Waals surface area contributed by atoms with E-state index in [4.69, 9.17) is 4.74 Å². The number of amides is 1. The Hall–Kier alpha value is -1.59. The van der Waals surface area contributed by atoms with Crippen molar-refractivity contribution < 1.29 is 9.53 Å². The fourth-order valence-electron chi connectivity index (χ4n) is 2.00. The third-order valence-electron chi connectivity index (χ3n) is 3.04. The highest BCUT2D eigenvalue weighted by atomic mass is 16.5. The topological polar surface area (TPSA) is 62.4 Å². The van der Waals surface area contributed by atoms with Crippen molar-refractivity contribution in [2.75, 3.05) is 18.5 Å². The summed E-state index contributed by atoms with van der Waals surface area (Å²) in [6.45, 7) is 5.13. The van der Waals surface area contributed by atoms with Crippen LogP contribution in [0.15, 0.2) is 24.3 Å². The molecule has 1 aliphatic rings. The van der Waals surface area contributed by atoms with Gasteiger partial charge in [-0.15, -0.1) is 0 Å². The lowest BCUT2D eigenvalue weighted by atomic mass is 10.0. The second-order valence-electron chi connectivity index (χ2n) is 4.34.